The SMILES string of the molecule is CC(Oc1ccc2[nH]nc(C(=O)Nc3ccc(N4CCC(O)CC4)cc3)c2c1)c1c(Cl)cncc1Cl. The zero-order chi connectivity index (χ0) is 25.2. The first kappa shape index (κ1) is 24.4. The Hall–Kier alpha value is -3.33. The number of anilines is 2. The number of carbonyl (C=O) groups is 1. The molecule has 2 aromatic carbocycles. The number of carbonyl (C=O) groups excluding carboxylic acids is 1. The van der Waals surface area contributed by atoms with Crippen LogP contribution in [0.1, 0.15) is 41.9 Å². The van der Waals surface area contributed by atoms with Crippen LogP contribution in [0.25, 0.3) is 10.9 Å². The van der Waals surface area contributed by atoms with Gasteiger partial charge in [0, 0.05) is 47.8 Å². The quantitative estimate of drug-likeness (QED) is 0.302. The fraction of sp³-hybridized carbons (Fsp3) is 0.269. The van der Waals surface area contributed by atoms with Gasteiger partial charge < -0.3 is 20.1 Å². The van der Waals surface area contributed by atoms with Gasteiger partial charge in [-0.1, -0.05) is 23.2 Å². The minimum atomic E-state index is -0.434. The van der Waals surface area contributed by atoms with Crippen LogP contribution in [0.15, 0.2) is 54.9 Å². The van der Waals surface area contributed by atoms with Crippen molar-refractivity contribution in [1.29, 1.82) is 0 Å². The highest BCUT2D eigenvalue weighted by Crippen LogP contribution is 2.33. The van der Waals surface area contributed by atoms with Gasteiger partial charge in [-0.25, -0.2) is 0 Å². The van der Waals surface area contributed by atoms with Gasteiger partial charge in [0.05, 0.1) is 21.7 Å². The number of amides is 1. The van der Waals surface area contributed by atoms with Crippen LogP contribution in [0, 0.1) is 0 Å². The highest BCUT2D eigenvalue weighted by molar-refractivity contribution is 6.35. The number of H-pyrrole nitrogens is 1. The molecular weight excluding hydrogens is 501 g/mol. The summed E-state index contributed by atoms with van der Waals surface area (Å²) in [7, 11) is 0. The summed E-state index contributed by atoms with van der Waals surface area (Å²) >= 11 is 12.5. The first-order valence-electron chi connectivity index (χ1n) is 11.7. The molecule has 1 aliphatic rings. The molecule has 1 saturated heterocycles. The number of fused-ring (bicyclic) bond motifs is 1. The lowest BCUT2D eigenvalue weighted by molar-refractivity contribution is 0.102. The molecule has 0 radical (unpaired) electrons. The Labute approximate surface area is 218 Å². The molecule has 1 unspecified atom stereocenters. The smallest absolute Gasteiger partial charge is 0.276 e. The first-order chi connectivity index (χ1) is 17.4. The third kappa shape index (κ3) is 5.11. The zero-order valence-corrected chi connectivity index (χ0v) is 21.1. The fourth-order valence-electron chi connectivity index (χ4n) is 4.38. The maximum absolute atomic E-state index is 13.0. The maximum Gasteiger partial charge on any atom is 0.276 e. The van der Waals surface area contributed by atoms with E-state index < -0.39 is 6.10 Å². The van der Waals surface area contributed by atoms with Gasteiger partial charge in [-0.05, 0) is 62.2 Å². The highest BCUT2D eigenvalue weighted by Gasteiger charge is 2.20. The molecule has 4 aromatic rings. The van der Waals surface area contributed by atoms with Gasteiger partial charge in [-0.2, -0.15) is 5.10 Å². The molecule has 2 aromatic heterocycles. The van der Waals surface area contributed by atoms with Gasteiger partial charge in [0.2, 0.25) is 0 Å². The van der Waals surface area contributed by atoms with E-state index in [1.807, 2.05) is 31.2 Å². The number of benzene rings is 2. The topological polar surface area (TPSA) is 103 Å². The van der Waals surface area contributed by atoms with E-state index in [0.29, 0.717) is 37.9 Å². The van der Waals surface area contributed by atoms with E-state index in [9.17, 15) is 9.90 Å². The van der Waals surface area contributed by atoms with Crippen molar-refractivity contribution in [1.82, 2.24) is 15.2 Å². The van der Waals surface area contributed by atoms with Crippen LogP contribution in [0.4, 0.5) is 11.4 Å². The average Bonchev–Trinajstić information content (AvgIpc) is 3.28. The lowest BCUT2D eigenvalue weighted by Crippen LogP contribution is -2.35. The molecule has 1 atom stereocenters. The molecule has 1 aliphatic heterocycles. The number of rotatable bonds is 6. The summed E-state index contributed by atoms with van der Waals surface area (Å²) in [5.41, 5.74) is 3.35. The molecule has 3 heterocycles. The molecule has 5 rings (SSSR count). The predicted octanol–water partition coefficient (Wildman–Crippen LogP) is 5.62. The van der Waals surface area contributed by atoms with Crippen LogP contribution in [-0.4, -0.2) is 45.4 Å². The predicted molar refractivity (Wildman–Crippen MR) is 141 cm³/mol. The fourth-order valence-corrected chi connectivity index (χ4v) is 5.05. The molecule has 3 N–H and O–H groups in total. The van der Waals surface area contributed by atoms with E-state index in [-0.39, 0.29) is 17.7 Å². The van der Waals surface area contributed by atoms with Crippen molar-refractivity contribution in [3.05, 3.63) is 76.2 Å². The molecule has 1 fully saturated rings. The lowest BCUT2D eigenvalue weighted by atomic mass is 10.1. The number of aromatic amines is 1. The number of halogens is 2. The van der Waals surface area contributed by atoms with Crippen molar-refractivity contribution in [2.24, 2.45) is 0 Å². The molecule has 0 saturated carbocycles. The summed E-state index contributed by atoms with van der Waals surface area (Å²) in [5, 5.41) is 21.2. The number of hydrogen-bond donors (Lipinski definition) is 3. The molecule has 8 nitrogen and oxygen atoms in total. The summed E-state index contributed by atoms with van der Waals surface area (Å²) in [6.07, 6.45) is 3.91. The number of hydrogen-bond acceptors (Lipinski definition) is 6. The summed E-state index contributed by atoms with van der Waals surface area (Å²) in [5.74, 6) is 0.214. The first-order valence-corrected chi connectivity index (χ1v) is 12.4. The second-order valence-electron chi connectivity index (χ2n) is 8.78. The van der Waals surface area contributed by atoms with Crippen molar-refractivity contribution in [3.63, 3.8) is 0 Å². The van der Waals surface area contributed by atoms with E-state index in [4.69, 9.17) is 27.9 Å². The Morgan fingerprint density at radius 2 is 1.83 bits per heavy atom. The number of piperidine rings is 1. The summed E-state index contributed by atoms with van der Waals surface area (Å²) in [6.45, 7) is 3.47. The second-order valence-corrected chi connectivity index (χ2v) is 9.59. The minimum Gasteiger partial charge on any atom is -0.486 e. The highest BCUT2D eigenvalue weighted by atomic mass is 35.5. The van der Waals surface area contributed by atoms with Crippen LogP contribution < -0.4 is 15.0 Å². The molecule has 0 bridgehead atoms. The van der Waals surface area contributed by atoms with Crippen LogP contribution in [-0.2, 0) is 0 Å². The van der Waals surface area contributed by atoms with Gasteiger partial charge in [-0.15, -0.1) is 0 Å². The number of aliphatic hydroxyl groups is 1. The van der Waals surface area contributed by atoms with E-state index in [2.05, 4.69) is 25.4 Å². The van der Waals surface area contributed by atoms with Crippen LogP contribution in [0.5, 0.6) is 5.75 Å². The van der Waals surface area contributed by atoms with Crippen molar-refractivity contribution in [2.45, 2.75) is 32.0 Å². The molecule has 0 aliphatic carbocycles. The zero-order valence-electron chi connectivity index (χ0n) is 19.5. The van der Waals surface area contributed by atoms with Crippen molar-refractivity contribution in [3.8, 4) is 5.75 Å². The van der Waals surface area contributed by atoms with Crippen molar-refractivity contribution < 1.29 is 14.6 Å². The number of ether oxygens (including phenoxy) is 1. The number of aromatic nitrogens is 3. The van der Waals surface area contributed by atoms with Crippen LogP contribution in [0.2, 0.25) is 10.0 Å². The van der Waals surface area contributed by atoms with Gasteiger partial charge in [0.25, 0.3) is 5.91 Å². The Morgan fingerprint density at radius 1 is 1.14 bits per heavy atom. The number of nitrogens with one attached hydrogen (secondary N) is 2. The standard InChI is InChI=1S/C26H25Cl2N5O3/c1-15(24-21(27)13-29-14-22(24)28)36-19-6-7-23-20(12-19)25(32-31-23)26(35)30-16-2-4-17(5-3-16)33-10-8-18(34)9-11-33/h2-7,12-15,18,34H,8-11H2,1H3,(H,30,35)(H,31,32). The van der Waals surface area contributed by atoms with Gasteiger partial charge in [0.1, 0.15) is 11.9 Å². The largest absolute Gasteiger partial charge is 0.486 e. The number of pyridine rings is 1. The Balaban J connectivity index is 1.30. The second kappa shape index (κ2) is 10.3. The van der Waals surface area contributed by atoms with Gasteiger partial charge in [-0.3, -0.25) is 14.9 Å². The molecule has 36 heavy (non-hydrogen) atoms. The normalized spacial score (nSPS) is 15.2. The summed E-state index contributed by atoms with van der Waals surface area (Å²) in [6, 6.07) is 13.0. The van der Waals surface area contributed by atoms with Gasteiger partial charge in [0.15, 0.2) is 5.69 Å². The summed E-state index contributed by atoms with van der Waals surface area (Å²) in [4.78, 5) is 19.2. The average molecular weight is 526 g/mol. The lowest BCUT2D eigenvalue weighted by Gasteiger charge is -2.31. The number of nitrogens with zero attached hydrogens (tertiary/aromatic N) is 3. The Bertz CT molecular complexity index is 1360. The van der Waals surface area contributed by atoms with Crippen LogP contribution >= 0.6 is 23.2 Å². The van der Waals surface area contributed by atoms with E-state index in [1.54, 1.807) is 18.2 Å². The molecule has 0 spiro atoms. The molecular formula is C26H25Cl2N5O3. The molecule has 1 amide bonds. The monoisotopic (exact) mass is 525 g/mol. The third-order valence-corrected chi connectivity index (χ3v) is 6.92. The summed E-state index contributed by atoms with van der Waals surface area (Å²) < 4.78 is 6.08. The van der Waals surface area contributed by atoms with E-state index in [0.717, 1.165) is 31.6 Å². The van der Waals surface area contributed by atoms with Crippen molar-refractivity contribution in [2.75, 3.05) is 23.3 Å². The third-order valence-electron chi connectivity index (χ3n) is 6.31. The van der Waals surface area contributed by atoms with Crippen molar-refractivity contribution >= 4 is 51.4 Å². The maximum atomic E-state index is 13.0. The Morgan fingerprint density at radius 3 is 2.53 bits per heavy atom. The Kier molecular flexibility index (Phi) is 7.00. The van der Waals surface area contributed by atoms with E-state index >= 15 is 0 Å². The minimum absolute atomic E-state index is 0.219. The van der Waals surface area contributed by atoms with Gasteiger partial charge >= 0.3 is 0 Å². The van der Waals surface area contributed by atoms with Crippen LogP contribution in [0.3, 0.4) is 0 Å². The van der Waals surface area contributed by atoms with E-state index in [1.165, 1.54) is 12.4 Å². The molecule has 10 heteroatoms. The number of aliphatic hydroxyl groups excluding tert-OH is 1. The molecule has 186 valence electrons.